The molecule has 2 aromatic rings. The Kier molecular flexibility index (Phi) is 4.87. The van der Waals surface area contributed by atoms with Crippen LogP contribution in [0.5, 0.6) is 0 Å². The molecule has 0 bridgehead atoms. The first-order valence-corrected chi connectivity index (χ1v) is 8.39. The average Bonchev–Trinajstić information content (AvgIpc) is 3.30. The van der Waals surface area contributed by atoms with Crippen LogP contribution in [0, 0.1) is 0 Å². The van der Waals surface area contributed by atoms with Gasteiger partial charge in [-0.05, 0) is 25.0 Å². The number of nitrogens with zero attached hydrogens (tertiary/aromatic N) is 3. The molecule has 1 amide bonds. The summed E-state index contributed by atoms with van der Waals surface area (Å²) >= 11 is 0. The van der Waals surface area contributed by atoms with E-state index in [1.165, 1.54) is 11.2 Å². The number of carbonyl (C=O) groups excluding carboxylic acids is 1. The molecule has 1 N–H and O–H groups in total. The fourth-order valence-corrected chi connectivity index (χ4v) is 3.31. The second kappa shape index (κ2) is 7.08. The Hall–Kier alpha value is -2.64. The quantitative estimate of drug-likeness (QED) is 0.855. The SMILES string of the molecule is CN(C(=O)CCc1nc(-c2ccco2)no1)C1(C(=O)O)CCCCC1. The third-order valence-corrected chi connectivity index (χ3v) is 4.86. The lowest BCUT2D eigenvalue weighted by molar-refractivity contribution is -0.160. The molecule has 1 saturated carbocycles. The minimum absolute atomic E-state index is 0.116. The number of furan rings is 1. The first-order valence-electron chi connectivity index (χ1n) is 8.39. The van der Waals surface area contributed by atoms with Gasteiger partial charge in [0.25, 0.3) is 0 Å². The highest BCUT2D eigenvalue weighted by Crippen LogP contribution is 2.33. The monoisotopic (exact) mass is 347 g/mol. The molecule has 0 atom stereocenters. The summed E-state index contributed by atoms with van der Waals surface area (Å²) in [4.78, 5) is 29.9. The smallest absolute Gasteiger partial charge is 0.329 e. The van der Waals surface area contributed by atoms with Gasteiger partial charge in [0.15, 0.2) is 5.76 Å². The fourth-order valence-electron chi connectivity index (χ4n) is 3.31. The van der Waals surface area contributed by atoms with Gasteiger partial charge in [-0.25, -0.2) is 4.79 Å². The Morgan fingerprint density at radius 3 is 2.72 bits per heavy atom. The van der Waals surface area contributed by atoms with Gasteiger partial charge in [-0.15, -0.1) is 0 Å². The molecule has 0 aliphatic heterocycles. The predicted molar refractivity (Wildman–Crippen MR) is 86.5 cm³/mol. The van der Waals surface area contributed by atoms with Gasteiger partial charge < -0.3 is 18.9 Å². The zero-order valence-electron chi connectivity index (χ0n) is 14.1. The average molecular weight is 347 g/mol. The van der Waals surface area contributed by atoms with Crippen molar-refractivity contribution >= 4 is 11.9 Å². The van der Waals surface area contributed by atoms with E-state index in [4.69, 9.17) is 8.94 Å². The molecule has 2 heterocycles. The van der Waals surface area contributed by atoms with E-state index in [9.17, 15) is 14.7 Å². The van der Waals surface area contributed by atoms with Crippen molar-refractivity contribution in [3.8, 4) is 11.6 Å². The topological polar surface area (TPSA) is 110 Å². The molecule has 0 aromatic carbocycles. The van der Waals surface area contributed by atoms with Crippen LogP contribution in [-0.2, 0) is 16.0 Å². The van der Waals surface area contributed by atoms with E-state index in [1.54, 1.807) is 19.2 Å². The molecule has 1 aliphatic rings. The van der Waals surface area contributed by atoms with E-state index in [0.717, 1.165) is 19.3 Å². The van der Waals surface area contributed by atoms with E-state index in [-0.39, 0.29) is 18.7 Å². The number of aromatic nitrogens is 2. The summed E-state index contributed by atoms with van der Waals surface area (Å²) in [7, 11) is 1.57. The van der Waals surface area contributed by atoms with E-state index in [0.29, 0.717) is 30.3 Å². The van der Waals surface area contributed by atoms with Gasteiger partial charge >= 0.3 is 5.97 Å². The number of carboxylic acids is 1. The van der Waals surface area contributed by atoms with Crippen LogP contribution in [0.1, 0.15) is 44.4 Å². The lowest BCUT2D eigenvalue weighted by Crippen LogP contribution is -2.56. The Morgan fingerprint density at radius 2 is 2.08 bits per heavy atom. The van der Waals surface area contributed by atoms with Gasteiger partial charge in [0.05, 0.1) is 6.26 Å². The van der Waals surface area contributed by atoms with E-state index in [2.05, 4.69) is 10.1 Å². The first-order chi connectivity index (χ1) is 12.0. The first kappa shape index (κ1) is 17.2. The van der Waals surface area contributed by atoms with Crippen molar-refractivity contribution in [1.82, 2.24) is 15.0 Å². The summed E-state index contributed by atoms with van der Waals surface area (Å²) in [5, 5.41) is 13.5. The molecular formula is C17H21N3O5. The molecule has 3 rings (SSSR count). The third-order valence-electron chi connectivity index (χ3n) is 4.86. The highest BCUT2D eigenvalue weighted by atomic mass is 16.5. The van der Waals surface area contributed by atoms with Crippen LogP contribution in [0.4, 0.5) is 0 Å². The normalized spacial score (nSPS) is 16.5. The summed E-state index contributed by atoms with van der Waals surface area (Å²) in [5.74, 6) is -0.0234. The molecule has 134 valence electrons. The minimum atomic E-state index is -1.09. The van der Waals surface area contributed by atoms with Crippen LogP contribution in [0.15, 0.2) is 27.3 Å². The number of hydrogen-bond donors (Lipinski definition) is 1. The summed E-state index contributed by atoms with van der Waals surface area (Å²) in [6.07, 6.45) is 5.52. The molecule has 0 saturated heterocycles. The van der Waals surface area contributed by atoms with E-state index >= 15 is 0 Å². The zero-order valence-corrected chi connectivity index (χ0v) is 14.1. The van der Waals surface area contributed by atoms with Gasteiger partial charge in [0, 0.05) is 19.9 Å². The number of carboxylic acid groups (broad SMARTS) is 1. The molecule has 2 aromatic heterocycles. The van der Waals surface area contributed by atoms with Crippen LogP contribution in [-0.4, -0.2) is 44.6 Å². The zero-order chi connectivity index (χ0) is 17.9. The van der Waals surface area contributed by atoms with Crippen molar-refractivity contribution in [2.45, 2.75) is 50.5 Å². The Balaban J connectivity index is 1.62. The van der Waals surface area contributed by atoms with Crippen LogP contribution in [0.25, 0.3) is 11.6 Å². The van der Waals surface area contributed by atoms with Crippen LogP contribution in [0.2, 0.25) is 0 Å². The number of hydrogen-bond acceptors (Lipinski definition) is 6. The lowest BCUT2D eigenvalue weighted by atomic mass is 9.80. The number of carbonyl (C=O) groups is 2. The summed E-state index contributed by atoms with van der Waals surface area (Å²) in [6, 6.07) is 3.44. The van der Waals surface area contributed by atoms with Crippen molar-refractivity contribution in [3.05, 3.63) is 24.3 Å². The molecule has 8 nitrogen and oxygen atoms in total. The maximum Gasteiger partial charge on any atom is 0.329 e. The van der Waals surface area contributed by atoms with Gasteiger partial charge in [0.1, 0.15) is 5.54 Å². The number of aryl methyl sites for hydroxylation is 1. The molecule has 8 heteroatoms. The van der Waals surface area contributed by atoms with Crippen LogP contribution < -0.4 is 0 Å². The van der Waals surface area contributed by atoms with Crippen molar-refractivity contribution in [3.63, 3.8) is 0 Å². The predicted octanol–water partition coefficient (Wildman–Crippen LogP) is 2.51. The maximum absolute atomic E-state index is 12.5. The van der Waals surface area contributed by atoms with Crippen molar-refractivity contribution < 1.29 is 23.6 Å². The molecule has 0 spiro atoms. The minimum Gasteiger partial charge on any atom is -0.479 e. The molecule has 1 fully saturated rings. The molecule has 0 unspecified atom stereocenters. The third kappa shape index (κ3) is 3.42. The summed E-state index contributed by atoms with van der Waals surface area (Å²) in [5.41, 5.74) is -1.09. The highest BCUT2D eigenvalue weighted by molar-refractivity contribution is 5.87. The van der Waals surface area contributed by atoms with Gasteiger partial charge in [-0.2, -0.15) is 4.98 Å². The van der Waals surface area contributed by atoms with Crippen molar-refractivity contribution in [1.29, 1.82) is 0 Å². The Bertz CT molecular complexity index is 731. The van der Waals surface area contributed by atoms with Gasteiger partial charge in [-0.3, -0.25) is 4.79 Å². The molecule has 0 radical (unpaired) electrons. The van der Waals surface area contributed by atoms with Crippen molar-refractivity contribution in [2.24, 2.45) is 0 Å². The Morgan fingerprint density at radius 1 is 1.32 bits per heavy atom. The second-order valence-corrected chi connectivity index (χ2v) is 6.34. The summed E-state index contributed by atoms with van der Waals surface area (Å²) in [6.45, 7) is 0. The maximum atomic E-state index is 12.5. The van der Waals surface area contributed by atoms with E-state index < -0.39 is 11.5 Å². The Labute approximate surface area is 144 Å². The van der Waals surface area contributed by atoms with Crippen molar-refractivity contribution in [2.75, 3.05) is 7.05 Å². The lowest BCUT2D eigenvalue weighted by Gasteiger charge is -2.41. The number of aliphatic carboxylic acids is 1. The summed E-state index contributed by atoms with van der Waals surface area (Å²) < 4.78 is 10.3. The molecule has 25 heavy (non-hydrogen) atoms. The largest absolute Gasteiger partial charge is 0.479 e. The number of rotatable bonds is 6. The fraction of sp³-hybridized carbons (Fsp3) is 0.529. The van der Waals surface area contributed by atoms with E-state index in [1.807, 2.05) is 0 Å². The molecule has 1 aliphatic carbocycles. The number of amides is 1. The molecular weight excluding hydrogens is 326 g/mol. The standard InChI is InChI=1S/C17H21N3O5/c1-20(17(16(22)23)9-3-2-4-10-17)14(21)8-7-13-18-15(19-25-13)12-6-5-11-24-12/h5-6,11H,2-4,7-10H2,1H3,(H,22,23). The van der Waals surface area contributed by atoms with Crippen LogP contribution in [0.3, 0.4) is 0 Å². The van der Waals surface area contributed by atoms with Gasteiger partial charge in [0.2, 0.25) is 17.6 Å². The number of likely N-dealkylation sites (N-methyl/N-ethyl adjacent to an activating group) is 1. The second-order valence-electron chi connectivity index (χ2n) is 6.34. The highest BCUT2D eigenvalue weighted by Gasteiger charge is 2.45. The van der Waals surface area contributed by atoms with Gasteiger partial charge in [-0.1, -0.05) is 24.4 Å². The van der Waals surface area contributed by atoms with Crippen LogP contribution >= 0.6 is 0 Å².